The molecule has 11 aromatic rings. The van der Waals surface area contributed by atoms with E-state index in [4.69, 9.17) is 15.0 Å². The van der Waals surface area contributed by atoms with Crippen LogP contribution in [0.3, 0.4) is 0 Å². The van der Waals surface area contributed by atoms with E-state index in [1.165, 1.54) is 72.0 Å². The fourth-order valence-corrected chi connectivity index (χ4v) is 10.4. The van der Waals surface area contributed by atoms with Crippen molar-refractivity contribution in [1.82, 2.24) is 19.5 Å². The normalized spacial score (nSPS) is 14.5. The molecule has 0 N–H and O–H groups in total. The van der Waals surface area contributed by atoms with Gasteiger partial charge in [0.1, 0.15) is 0 Å². The number of rotatable bonds is 5. The van der Waals surface area contributed by atoms with Crippen molar-refractivity contribution in [2.75, 3.05) is 0 Å². The number of para-hydroxylation sites is 3. The molecular weight excluding hydrogens is 753 g/mol. The summed E-state index contributed by atoms with van der Waals surface area (Å²) in [4.78, 5) is 15.9. The first-order chi connectivity index (χ1) is 30.8. The van der Waals surface area contributed by atoms with Crippen molar-refractivity contribution in [3.8, 4) is 73.2 Å². The first kappa shape index (κ1) is 34.6. The molecule has 3 heterocycles. The molecule has 0 amide bonds. The molecule has 0 bridgehead atoms. The van der Waals surface area contributed by atoms with Gasteiger partial charge in [-0.05, 0) is 73.8 Å². The van der Waals surface area contributed by atoms with E-state index in [1.807, 2.05) is 24.3 Å². The summed E-state index contributed by atoms with van der Waals surface area (Å²) < 4.78 is 2.49. The van der Waals surface area contributed by atoms with Crippen molar-refractivity contribution in [2.24, 2.45) is 0 Å². The second-order valence-corrected chi connectivity index (χ2v) is 16.3. The maximum atomic E-state index is 5.39. The fourth-order valence-electron chi connectivity index (χ4n) is 10.4. The van der Waals surface area contributed by atoms with E-state index in [9.17, 15) is 0 Å². The van der Waals surface area contributed by atoms with Crippen molar-refractivity contribution >= 4 is 21.8 Å². The quantitative estimate of drug-likeness (QED) is 0.174. The molecule has 0 saturated heterocycles. The molecule has 1 aliphatic heterocycles. The summed E-state index contributed by atoms with van der Waals surface area (Å²) in [5.41, 5.74) is 17.9. The van der Waals surface area contributed by atoms with Crippen LogP contribution < -0.4 is 0 Å². The summed E-state index contributed by atoms with van der Waals surface area (Å²) in [6, 6.07) is 78.6. The van der Waals surface area contributed by atoms with Crippen LogP contribution in [0.15, 0.2) is 218 Å². The zero-order valence-electron chi connectivity index (χ0n) is 33.6. The van der Waals surface area contributed by atoms with Gasteiger partial charge in [0.15, 0.2) is 17.5 Å². The lowest BCUT2D eigenvalue weighted by molar-refractivity contribution is 0.748. The summed E-state index contributed by atoms with van der Waals surface area (Å²) in [5.74, 6) is 1.91. The van der Waals surface area contributed by atoms with Gasteiger partial charge in [-0.2, -0.15) is 0 Å². The third-order valence-electron chi connectivity index (χ3n) is 13.1. The minimum Gasteiger partial charge on any atom is -0.309 e. The standard InChI is InChI=1S/C58H36N4/c1-4-16-37(17-5-1)39-30-32-41(33-31-39)56-59-55(40-20-8-3-9-21-40)60-57(61-56)45-24-15-26-49-53(45)46-36-42(38-18-6-2-7-19-38)34-35-47(46)58(49)48-25-11-13-29-52(48)62-51-28-12-10-22-43(51)44-23-14-27-50(58)54(44)62/h1-36H. The molecule has 1 spiro atoms. The molecule has 288 valence electrons. The van der Waals surface area contributed by atoms with Crippen molar-refractivity contribution in [3.63, 3.8) is 0 Å². The Bertz CT molecular complexity index is 3560. The van der Waals surface area contributed by atoms with Crippen molar-refractivity contribution in [2.45, 2.75) is 5.41 Å². The van der Waals surface area contributed by atoms with Crippen LogP contribution in [0, 0.1) is 0 Å². The molecule has 1 atom stereocenters. The zero-order chi connectivity index (χ0) is 40.8. The third-order valence-corrected chi connectivity index (χ3v) is 13.1. The Balaban J connectivity index is 1.11. The monoisotopic (exact) mass is 788 g/mol. The first-order valence-electron chi connectivity index (χ1n) is 21.2. The van der Waals surface area contributed by atoms with Crippen LogP contribution in [0.5, 0.6) is 0 Å². The SMILES string of the molecule is c1ccc(-c2ccc(-c3nc(-c4ccccc4)nc(-c4cccc5c4-c4cc(-c6ccccc6)ccc4C54c5ccccc5-n5c6ccccc6c6cccc4c65)n3)cc2)cc1. The van der Waals surface area contributed by atoms with Gasteiger partial charge < -0.3 is 4.57 Å². The van der Waals surface area contributed by atoms with E-state index in [0.29, 0.717) is 17.5 Å². The van der Waals surface area contributed by atoms with Gasteiger partial charge in [0, 0.05) is 27.5 Å². The number of hydrogen-bond acceptors (Lipinski definition) is 3. The average Bonchev–Trinajstić information content (AvgIpc) is 3.85. The third kappa shape index (κ3) is 4.92. The van der Waals surface area contributed by atoms with Crippen LogP contribution in [-0.2, 0) is 5.41 Å². The molecule has 0 radical (unpaired) electrons. The van der Waals surface area contributed by atoms with Gasteiger partial charge in [0.2, 0.25) is 0 Å². The first-order valence-corrected chi connectivity index (χ1v) is 21.2. The van der Waals surface area contributed by atoms with E-state index in [2.05, 4.69) is 199 Å². The minimum atomic E-state index is -0.623. The van der Waals surface area contributed by atoms with Crippen LogP contribution >= 0.6 is 0 Å². The van der Waals surface area contributed by atoms with Crippen LogP contribution in [0.25, 0.3) is 95.0 Å². The molecular formula is C58H36N4. The largest absolute Gasteiger partial charge is 0.309 e. The second-order valence-electron chi connectivity index (χ2n) is 16.3. The van der Waals surface area contributed by atoms with Crippen LogP contribution in [0.2, 0.25) is 0 Å². The lowest BCUT2D eigenvalue weighted by Gasteiger charge is -2.39. The molecule has 2 aliphatic rings. The average molecular weight is 789 g/mol. The predicted molar refractivity (Wildman–Crippen MR) is 252 cm³/mol. The molecule has 62 heavy (non-hydrogen) atoms. The second kappa shape index (κ2) is 13.4. The minimum absolute atomic E-state index is 0.623. The lowest BCUT2D eigenvalue weighted by Crippen LogP contribution is -2.33. The fraction of sp³-hybridized carbons (Fsp3) is 0.0172. The summed E-state index contributed by atoms with van der Waals surface area (Å²) >= 11 is 0. The molecule has 1 aliphatic carbocycles. The van der Waals surface area contributed by atoms with Gasteiger partial charge in [0.25, 0.3) is 0 Å². The molecule has 4 nitrogen and oxygen atoms in total. The molecule has 0 saturated carbocycles. The highest BCUT2D eigenvalue weighted by Crippen LogP contribution is 2.62. The van der Waals surface area contributed by atoms with Crippen LogP contribution in [0.4, 0.5) is 0 Å². The Hall–Kier alpha value is -8.21. The maximum absolute atomic E-state index is 5.39. The number of fused-ring (bicyclic) bond motifs is 12. The van der Waals surface area contributed by atoms with Gasteiger partial charge in [-0.25, -0.2) is 15.0 Å². The summed E-state index contributed by atoms with van der Waals surface area (Å²) in [7, 11) is 0. The highest BCUT2D eigenvalue weighted by molar-refractivity contribution is 6.13. The smallest absolute Gasteiger partial charge is 0.164 e. The number of benzene rings is 9. The van der Waals surface area contributed by atoms with E-state index in [1.54, 1.807) is 0 Å². The van der Waals surface area contributed by atoms with Crippen molar-refractivity contribution < 1.29 is 0 Å². The highest BCUT2D eigenvalue weighted by Gasteiger charge is 2.51. The number of hydrogen-bond donors (Lipinski definition) is 0. The molecule has 0 fully saturated rings. The van der Waals surface area contributed by atoms with Gasteiger partial charge in [0.05, 0.1) is 22.1 Å². The predicted octanol–water partition coefficient (Wildman–Crippen LogP) is 14.0. The molecule has 4 heteroatoms. The summed E-state index contributed by atoms with van der Waals surface area (Å²) in [6.45, 7) is 0. The topological polar surface area (TPSA) is 43.6 Å². The molecule has 9 aromatic carbocycles. The van der Waals surface area contributed by atoms with Crippen molar-refractivity contribution in [1.29, 1.82) is 0 Å². The van der Waals surface area contributed by atoms with E-state index >= 15 is 0 Å². The van der Waals surface area contributed by atoms with E-state index in [-0.39, 0.29) is 0 Å². The zero-order valence-corrected chi connectivity index (χ0v) is 33.6. The molecule has 13 rings (SSSR count). The van der Waals surface area contributed by atoms with Crippen LogP contribution in [-0.4, -0.2) is 19.5 Å². The number of aromatic nitrogens is 4. The maximum Gasteiger partial charge on any atom is 0.164 e. The van der Waals surface area contributed by atoms with Gasteiger partial charge in [-0.3, -0.25) is 0 Å². The van der Waals surface area contributed by atoms with Gasteiger partial charge in [-0.15, -0.1) is 0 Å². The van der Waals surface area contributed by atoms with Crippen LogP contribution in [0.1, 0.15) is 22.3 Å². The number of nitrogens with zero attached hydrogens (tertiary/aromatic N) is 4. The molecule has 2 aromatic heterocycles. The van der Waals surface area contributed by atoms with Gasteiger partial charge in [-0.1, -0.05) is 200 Å². The van der Waals surface area contributed by atoms with E-state index in [0.717, 1.165) is 27.8 Å². The summed E-state index contributed by atoms with van der Waals surface area (Å²) in [6.07, 6.45) is 0. The molecule has 1 unspecified atom stereocenters. The lowest BCUT2D eigenvalue weighted by atomic mass is 9.65. The Morgan fingerprint density at radius 2 is 0.839 bits per heavy atom. The Morgan fingerprint density at radius 1 is 0.323 bits per heavy atom. The van der Waals surface area contributed by atoms with Gasteiger partial charge >= 0.3 is 0 Å². The highest BCUT2D eigenvalue weighted by atomic mass is 15.0. The summed E-state index contributed by atoms with van der Waals surface area (Å²) in [5, 5.41) is 2.51. The Morgan fingerprint density at radius 3 is 1.60 bits per heavy atom. The van der Waals surface area contributed by atoms with Crippen molar-refractivity contribution in [3.05, 3.63) is 241 Å². The van der Waals surface area contributed by atoms with E-state index < -0.39 is 5.41 Å². The Labute approximate surface area is 359 Å². The Kier molecular flexibility index (Phi) is 7.49.